The highest BCUT2D eigenvalue weighted by Crippen LogP contribution is 1.63. The number of hydrogen-bond donors (Lipinski definition) is 1. The van der Waals surface area contributed by atoms with Gasteiger partial charge in [0, 0.05) is 0 Å². The van der Waals surface area contributed by atoms with Gasteiger partial charge in [-0.3, -0.25) is 0 Å². The van der Waals surface area contributed by atoms with Crippen molar-refractivity contribution in [2.45, 2.75) is 0 Å². The summed E-state index contributed by atoms with van der Waals surface area (Å²) in [5, 5.41) is 8.11. The van der Waals surface area contributed by atoms with Crippen LogP contribution in [0, 0.1) is 24.2 Å². The minimum absolute atomic E-state index is 0.116. The van der Waals surface area contributed by atoms with Crippen LogP contribution in [0.4, 0.5) is 0 Å². The summed E-state index contributed by atoms with van der Waals surface area (Å²) in [7, 11) is 0. The molecule has 0 fully saturated rings. The van der Waals surface area contributed by atoms with Crippen molar-refractivity contribution >= 4 is 0 Å². The molecule has 0 rings (SSSR count). The van der Waals surface area contributed by atoms with Gasteiger partial charge in [-0.1, -0.05) is 17.8 Å². The monoisotopic (exact) mass is 106 g/mol. The van der Waals surface area contributed by atoms with Crippen LogP contribution in [0.1, 0.15) is 0 Å². The van der Waals surface area contributed by atoms with Crippen LogP contribution < -0.4 is 0 Å². The van der Waals surface area contributed by atoms with Crippen LogP contribution in [0.2, 0.25) is 0 Å². The molecule has 0 aromatic heterocycles. The Labute approximate surface area is 49.0 Å². The molecular weight excluding hydrogens is 100 g/mol. The van der Waals surface area contributed by atoms with Gasteiger partial charge in [0.1, 0.15) is 6.61 Å². The quantitative estimate of drug-likeness (QED) is 0.436. The average Bonchev–Trinajstić information content (AvgIpc) is 1.81. The van der Waals surface area contributed by atoms with Crippen molar-refractivity contribution in [1.29, 1.82) is 0 Å². The highest BCUT2D eigenvalue weighted by atomic mass is 16.2. The first-order valence-corrected chi connectivity index (χ1v) is 2.12. The largest absolute Gasteiger partial charge is 0.384 e. The van der Waals surface area contributed by atoms with Gasteiger partial charge in [0.05, 0.1) is 0 Å². The molecule has 0 heterocycles. The Morgan fingerprint density at radius 2 is 2.25 bits per heavy atom. The van der Waals surface area contributed by atoms with Crippen LogP contribution in [0.15, 0.2) is 12.2 Å². The van der Waals surface area contributed by atoms with E-state index in [2.05, 4.69) is 17.8 Å². The zero-order valence-electron chi connectivity index (χ0n) is 4.39. The lowest BCUT2D eigenvalue weighted by atomic mass is 10.5. The molecule has 0 saturated heterocycles. The first-order valence-electron chi connectivity index (χ1n) is 2.12. The van der Waals surface area contributed by atoms with Crippen LogP contribution in [0.5, 0.6) is 0 Å². The fourth-order valence-electron chi connectivity index (χ4n) is 0.194. The minimum Gasteiger partial charge on any atom is -0.384 e. The lowest BCUT2D eigenvalue weighted by Crippen LogP contribution is -1.68. The SMILES string of the molecule is C#CC=CC#CCO. The van der Waals surface area contributed by atoms with Gasteiger partial charge >= 0.3 is 0 Å². The van der Waals surface area contributed by atoms with Gasteiger partial charge in [-0.05, 0) is 12.2 Å². The number of hydrogen-bond acceptors (Lipinski definition) is 1. The number of rotatable bonds is 0. The molecule has 0 aliphatic carbocycles. The Morgan fingerprint density at radius 3 is 2.75 bits per heavy atom. The first kappa shape index (κ1) is 6.82. The van der Waals surface area contributed by atoms with E-state index in [1.54, 1.807) is 0 Å². The van der Waals surface area contributed by atoms with E-state index in [-0.39, 0.29) is 6.61 Å². The maximum Gasteiger partial charge on any atom is 0.104 e. The summed E-state index contributed by atoms with van der Waals surface area (Å²) in [6, 6.07) is 0. The van der Waals surface area contributed by atoms with Gasteiger partial charge in [-0.15, -0.1) is 6.42 Å². The Bertz CT molecular complexity index is 161. The van der Waals surface area contributed by atoms with E-state index in [0.29, 0.717) is 0 Å². The zero-order valence-corrected chi connectivity index (χ0v) is 4.39. The van der Waals surface area contributed by atoms with Gasteiger partial charge in [0.2, 0.25) is 0 Å². The van der Waals surface area contributed by atoms with Crippen molar-refractivity contribution in [1.82, 2.24) is 0 Å². The third kappa shape index (κ3) is 4.82. The Morgan fingerprint density at radius 1 is 1.50 bits per heavy atom. The molecule has 0 atom stereocenters. The molecule has 0 spiro atoms. The molecule has 8 heavy (non-hydrogen) atoms. The molecule has 40 valence electrons. The second kappa shape index (κ2) is 5.82. The summed E-state index contributed by atoms with van der Waals surface area (Å²) in [6.45, 7) is -0.116. The lowest BCUT2D eigenvalue weighted by molar-refractivity contribution is 0.350. The smallest absolute Gasteiger partial charge is 0.104 e. The molecule has 1 N–H and O–H groups in total. The summed E-state index contributed by atoms with van der Waals surface area (Å²) < 4.78 is 0. The zero-order chi connectivity index (χ0) is 6.24. The fraction of sp³-hybridized carbons (Fsp3) is 0.143. The number of aliphatic hydroxyl groups is 1. The minimum atomic E-state index is -0.116. The second-order valence-electron chi connectivity index (χ2n) is 0.979. The van der Waals surface area contributed by atoms with Crippen molar-refractivity contribution in [2.75, 3.05) is 6.61 Å². The van der Waals surface area contributed by atoms with Gasteiger partial charge < -0.3 is 5.11 Å². The normalized spacial score (nSPS) is 7.50. The molecule has 0 radical (unpaired) electrons. The average molecular weight is 106 g/mol. The van der Waals surface area contributed by atoms with Gasteiger partial charge in [-0.25, -0.2) is 0 Å². The molecule has 0 aliphatic heterocycles. The molecule has 0 amide bonds. The molecule has 0 aromatic carbocycles. The van der Waals surface area contributed by atoms with E-state index in [1.165, 1.54) is 12.2 Å². The lowest BCUT2D eigenvalue weighted by Gasteiger charge is -1.64. The summed E-state index contributed by atoms with van der Waals surface area (Å²) in [4.78, 5) is 0. The van der Waals surface area contributed by atoms with Gasteiger partial charge in [0.15, 0.2) is 0 Å². The maximum absolute atomic E-state index is 8.11. The third-order valence-electron chi connectivity index (χ3n) is 0.444. The van der Waals surface area contributed by atoms with Crippen molar-refractivity contribution in [3.8, 4) is 24.2 Å². The fourth-order valence-corrected chi connectivity index (χ4v) is 0.194. The van der Waals surface area contributed by atoms with Crippen molar-refractivity contribution in [3.05, 3.63) is 12.2 Å². The number of aliphatic hydroxyl groups excluding tert-OH is 1. The van der Waals surface area contributed by atoms with Crippen molar-refractivity contribution < 1.29 is 5.11 Å². The summed E-state index contributed by atoms with van der Waals surface area (Å²) >= 11 is 0. The van der Waals surface area contributed by atoms with Crippen LogP contribution >= 0.6 is 0 Å². The highest BCUT2D eigenvalue weighted by Gasteiger charge is 1.56. The van der Waals surface area contributed by atoms with Crippen LogP contribution in [-0.4, -0.2) is 11.7 Å². The van der Waals surface area contributed by atoms with E-state index in [1.807, 2.05) is 0 Å². The van der Waals surface area contributed by atoms with E-state index >= 15 is 0 Å². The topological polar surface area (TPSA) is 20.2 Å². The molecule has 0 unspecified atom stereocenters. The Kier molecular flexibility index (Phi) is 4.96. The van der Waals surface area contributed by atoms with E-state index in [9.17, 15) is 0 Å². The first-order chi connectivity index (χ1) is 3.91. The molecule has 0 aliphatic rings. The van der Waals surface area contributed by atoms with Crippen LogP contribution in [-0.2, 0) is 0 Å². The third-order valence-corrected chi connectivity index (χ3v) is 0.444. The van der Waals surface area contributed by atoms with Crippen molar-refractivity contribution in [2.24, 2.45) is 0 Å². The van der Waals surface area contributed by atoms with Crippen LogP contribution in [0.25, 0.3) is 0 Å². The van der Waals surface area contributed by atoms with E-state index < -0.39 is 0 Å². The van der Waals surface area contributed by atoms with Gasteiger partial charge in [0.25, 0.3) is 0 Å². The van der Waals surface area contributed by atoms with E-state index in [0.717, 1.165) is 0 Å². The molecule has 0 aromatic rings. The summed E-state index contributed by atoms with van der Waals surface area (Å²) in [6.07, 6.45) is 7.83. The molecule has 1 heteroatoms. The summed E-state index contributed by atoms with van der Waals surface area (Å²) in [5.74, 6) is 7.18. The molecule has 1 nitrogen and oxygen atoms in total. The molecular formula is C7H6O. The Hall–Kier alpha value is -1.18. The van der Waals surface area contributed by atoms with E-state index in [4.69, 9.17) is 11.5 Å². The predicted octanol–water partition coefficient (Wildman–Crippen LogP) is 0.171. The second-order valence-corrected chi connectivity index (χ2v) is 0.979. The number of allylic oxidation sites excluding steroid dienone is 2. The highest BCUT2D eigenvalue weighted by molar-refractivity contribution is 5.22. The van der Waals surface area contributed by atoms with Crippen molar-refractivity contribution in [3.63, 3.8) is 0 Å². The van der Waals surface area contributed by atoms with Gasteiger partial charge in [-0.2, -0.15) is 0 Å². The summed E-state index contributed by atoms with van der Waals surface area (Å²) in [5.41, 5.74) is 0. The molecule has 0 bridgehead atoms. The predicted molar refractivity (Wildman–Crippen MR) is 32.8 cm³/mol. The maximum atomic E-state index is 8.11. The Balaban J connectivity index is 3.46. The molecule has 0 saturated carbocycles. The van der Waals surface area contributed by atoms with Crippen LogP contribution in [0.3, 0.4) is 0 Å². The number of terminal acetylenes is 1. The standard InChI is InChI=1S/C7H6O/c1-2-3-4-5-6-7-8/h1,3-4,8H,7H2.